The highest BCUT2D eigenvalue weighted by Crippen LogP contribution is 2.24. The summed E-state index contributed by atoms with van der Waals surface area (Å²) < 4.78 is 0. The molecular formula is C18H29N3. The van der Waals surface area contributed by atoms with Gasteiger partial charge in [-0.2, -0.15) is 0 Å². The molecule has 2 heterocycles. The van der Waals surface area contributed by atoms with Gasteiger partial charge in [-0.3, -0.25) is 4.90 Å². The van der Waals surface area contributed by atoms with Crippen LogP contribution in [0.25, 0.3) is 0 Å². The van der Waals surface area contributed by atoms with Gasteiger partial charge in [0.05, 0.1) is 0 Å². The number of hydrogen-bond acceptors (Lipinski definition) is 3. The molecule has 1 saturated heterocycles. The van der Waals surface area contributed by atoms with Gasteiger partial charge in [-0.05, 0) is 63.0 Å². The van der Waals surface area contributed by atoms with E-state index in [1.807, 2.05) is 0 Å². The van der Waals surface area contributed by atoms with Gasteiger partial charge in [0, 0.05) is 31.4 Å². The second-order valence-corrected chi connectivity index (χ2v) is 6.64. The van der Waals surface area contributed by atoms with Crippen LogP contribution in [-0.2, 0) is 13.0 Å². The van der Waals surface area contributed by atoms with Gasteiger partial charge in [-0.1, -0.05) is 19.1 Å². The zero-order valence-electron chi connectivity index (χ0n) is 13.6. The van der Waals surface area contributed by atoms with Crippen LogP contribution < -0.4 is 5.32 Å². The Hall–Kier alpha value is -1.06. The summed E-state index contributed by atoms with van der Waals surface area (Å²) >= 11 is 0. The number of rotatable bonds is 5. The summed E-state index contributed by atoms with van der Waals surface area (Å²) in [4.78, 5) is 5.13. The molecule has 1 aromatic carbocycles. The number of likely N-dealkylation sites (tertiary alicyclic amines) is 1. The normalized spacial score (nSPS) is 22.3. The van der Waals surface area contributed by atoms with E-state index in [9.17, 15) is 0 Å². The summed E-state index contributed by atoms with van der Waals surface area (Å²) in [6.45, 7) is 8.17. The number of nitrogens with zero attached hydrogens (tertiary/aromatic N) is 2. The van der Waals surface area contributed by atoms with Crippen LogP contribution in [0.1, 0.15) is 37.3 Å². The van der Waals surface area contributed by atoms with E-state index in [0.29, 0.717) is 0 Å². The molecule has 116 valence electrons. The highest BCUT2D eigenvalue weighted by Gasteiger charge is 2.24. The van der Waals surface area contributed by atoms with Gasteiger partial charge >= 0.3 is 0 Å². The van der Waals surface area contributed by atoms with Crippen molar-refractivity contribution >= 4 is 5.69 Å². The lowest BCUT2D eigenvalue weighted by Crippen LogP contribution is -2.38. The number of hydrogen-bond donors (Lipinski definition) is 1. The van der Waals surface area contributed by atoms with E-state index in [1.54, 1.807) is 0 Å². The van der Waals surface area contributed by atoms with Gasteiger partial charge < -0.3 is 10.2 Å². The molecule has 1 unspecified atom stereocenters. The number of aryl methyl sites for hydroxylation is 1. The van der Waals surface area contributed by atoms with Crippen molar-refractivity contribution in [3.63, 3.8) is 0 Å². The lowest BCUT2D eigenvalue weighted by atomic mass is 10.0. The van der Waals surface area contributed by atoms with Gasteiger partial charge in [-0.25, -0.2) is 0 Å². The molecule has 2 aliphatic rings. The van der Waals surface area contributed by atoms with Crippen molar-refractivity contribution in [3.8, 4) is 0 Å². The Morgan fingerprint density at radius 2 is 2.24 bits per heavy atom. The van der Waals surface area contributed by atoms with Crippen LogP contribution in [0.15, 0.2) is 18.2 Å². The average molecular weight is 287 g/mol. The Bertz CT molecular complexity index is 472. The van der Waals surface area contributed by atoms with Crippen molar-refractivity contribution in [3.05, 3.63) is 29.3 Å². The van der Waals surface area contributed by atoms with Gasteiger partial charge in [0.25, 0.3) is 0 Å². The minimum Gasteiger partial charge on any atom is -0.385 e. The lowest BCUT2D eigenvalue weighted by molar-refractivity contribution is 0.195. The fraction of sp³-hybridized carbons (Fsp3) is 0.667. The molecule has 0 aromatic heterocycles. The summed E-state index contributed by atoms with van der Waals surface area (Å²) in [6, 6.07) is 7.73. The summed E-state index contributed by atoms with van der Waals surface area (Å²) in [5.74, 6) is 0. The summed E-state index contributed by atoms with van der Waals surface area (Å²) in [7, 11) is 2.27. The predicted octanol–water partition coefficient (Wildman–Crippen LogP) is 2.96. The molecule has 3 heteroatoms. The number of anilines is 1. The Labute approximate surface area is 129 Å². The Morgan fingerprint density at radius 3 is 3.10 bits per heavy atom. The molecule has 0 bridgehead atoms. The molecule has 1 N–H and O–H groups in total. The van der Waals surface area contributed by atoms with E-state index in [0.717, 1.165) is 19.1 Å². The van der Waals surface area contributed by atoms with E-state index in [-0.39, 0.29) is 0 Å². The van der Waals surface area contributed by atoms with Crippen LogP contribution in [0.5, 0.6) is 0 Å². The first kappa shape index (κ1) is 14.9. The van der Waals surface area contributed by atoms with Crippen LogP contribution in [0.2, 0.25) is 0 Å². The molecule has 0 amide bonds. The zero-order valence-corrected chi connectivity index (χ0v) is 13.6. The standard InChI is InChI=1S/C18H29N3/c1-3-21-11-5-7-17(21)14-20(2)13-15-8-9-18-16(12-15)6-4-10-19-18/h8-9,12,17,19H,3-7,10-11,13-14H2,1-2H3. The summed E-state index contributed by atoms with van der Waals surface area (Å²) in [5, 5.41) is 3.50. The number of likely N-dealkylation sites (N-methyl/N-ethyl adjacent to an activating group) is 2. The second-order valence-electron chi connectivity index (χ2n) is 6.64. The largest absolute Gasteiger partial charge is 0.385 e. The van der Waals surface area contributed by atoms with Crippen molar-refractivity contribution in [1.82, 2.24) is 9.80 Å². The van der Waals surface area contributed by atoms with Crippen molar-refractivity contribution in [2.75, 3.05) is 38.5 Å². The van der Waals surface area contributed by atoms with Gasteiger partial charge in [0.2, 0.25) is 0 Å². The van der Waals surface area contributed by atoms with Crippen LogP contribution in [0, 0.1) is 0 Å². The molecule has 0 radical (unpaired) electrons. The minimum atomic E-state index is 0.763. The fourth-order valence-corrected chi connectivity index (χ4v) is 3.88. The maximum atomic E-state index is 3.50. The van der Waals surface area contributed by atoms with E-state index in [1.165, 1.54) is 62.1 Å². The zero-order chi connectivity index (χ0) is 14.7. The maximum Gasteiger partial charge on any atom is 0.0372 e. The van der Waals surface area contributed by atoms with Crippen molar-refractivity contribution < 1.29 is 0 Å². The highest BCUT2D eigenvalue weighted by atomic mass is 15.2. The molecule has 1 aromatic rings. The molecule has 3 nitrogen and oxygen atoms in total. The lowest BCUT2D eigenvalue weighted by Gasteiger charge is -2.28. The van der Waals surface area contributed by atoms with Crippen molar-refractivity contribution in [2.45, 2.75) is 45.2 Å². The Kier molecular flexibility index (Phi) is 4.81. The molecule has 0 saturated carbocycles. The first-order valence-electron chi connectivity index (χ1n) is 8.54. The number of nitrogens with one attached hydrogen (secondary N) is 1. The van der Waals surface area contributed by atoms with Crippen LogP contribution >= 0.6 is 0 Å². The molecule has 0 aliphatic carbocycles. The van der Waals surface area contributed by atoms with Gasteiger partial charge in [0.15, 0.2) is 0 Å². The SMILES string of the molecule is CCN1CCCC1CN(C)Cc1ccc2c(c1)CCCN2. The first-order chi connectivity index (χ1) is 10.3. The topological polar surface area (TPSA) is 18.5 Å². The Balaban J connectivity index is 1.58. The third kappa shape index (κ3) is 3.58. The summed E-state index contributed by atoms with van der Waals surface area (Å²) in [6.07, 6.45) is 5.23. The maximum absolute atomic E-state index is 3.50. The van der Waals surface area contributed by atoms with Crippen LogP contribution in [-0.4, -0.2) is 49.1 Å². The third-order valence-electron chi connectivity index (χ3n) is 4.99. The van der Waals surface area contributed by atoms with E-state index in [4.69, 9.17) is 0 Å². The van der Waals surface area contributed by atoms with Gasteiger partial charge in [-0.15, -0.1) is 0 Å². The van der Waals surface area contributed by atoms with Crippen LogP contribution in [0.3, 0.4) is 0 Å². The highest BCUT2D eigenvalue weighted by molar-refractivity contribution is 5.54. The number of benzene rings is 1. The second kappa shape index (κ2) is 6.80. The van der Waals surface area contributed by atoms with Crippen molar-refractivity contribution in [2.24, 2.45) is 0 Å². The molecule has 1 atom stereocenters. The van der Waals surface area contributed by atoms with E-state index < -0.39 is 0 Å². The molecule has 3 rings (SSSR count). The van der Waals surface area contributed by atoms with E-state index >= 15 is 0 Å². The van der Waals surface area contributed by atoms with E-state index in [2.05, 4.69) is 47.3 Å². The molecule has 2 aliphatic heterocycles. The average Bonchev–Trinajstić information content (AvgIpc) is 2.94. The molecular weight excluding hydrogens is 258 g/mol. The van der Waals surface area contributed by atoms with Crippen molar-refractivity contribution in [1.29, 1.82) is 0 Å². The molecule has 0 spiro atoms. The third-order valence-corrected chi connectivity index (χ3v) is 4.99. The summed E-state index contributed by atoms with van der Waals surface area (Å²) in [5.41, 5.74) is 4.31. The first-order valence-corrected chi connectivity index (χ1v) is 8.54. The molecule has 1 fully saturated rings. The quantitative estimate of drug-likeness (QED) is 0.898. The Morgan fingerprint density at radius 1 is 1.33 bits per heavy atom. The monoisotopic (exact) mass is 287 g/mol. The minimum absolute atomic E-state index is 0.763. The van der Waals surface area contributed by atoms with Gasteiger partial charge in [0.1, 0.15) is 0 Å². The smallest absolute Gasteiger partial charge is 0.0372 e. The number of fused-ring (bicyclic) bond motifs is 1. The fourth-order valence-electron chi connectivity index (χ4n) is 3.88. The van der Waals surface area contributed by atoms with Crippen LogP contribution in [0.4, 0.5) is 5.69 Å². The molecule has 21 heavy (non-hydrogen) atoms. The predicted molar refractivity (Wildman–Crippen MR) is 89.9 cm³/mol.